The Kier molecular flexibility index (Phi) is 4.96. The van der Waals surface area contributed by atoms with E-state index in [4.69, 9.17) is 16.3 Å². The van der Waals surface area contributed by atoms with Gasteiger partial charge in [0.05, 0.1) is 0 Å². The van der Waals surface area contributed by atoms with E-state index in [1.54, 1.807) is 12.1 Å². The summed E-state index contributed by atoms with van der Waals surface area (Å²) >= 11 is 5.77. The molecule has 3 nitrogen and oxygen atoms in total. The average Bonchev–Trinajstić information content (AvgIpc) is 2.46. The van der Waals surface area contributed by atoms with E-state index in [2.05, 4.69) is 5.32 Å². The van der Waals surface area contributed by atoms with E-state index >= 15 is 0 Å². The van der Waals surface area contributed by atoms with E-state index in [-0.39, 0.29) is 18.3 Å². The van der Waals surface area contributed by atoms with Crippen LogP contribution < -0.4 is 10.1 Å². The normalized spacial score (nSPS) is 10.1. The summed E-state index contributed by atoms with van der Waals surface area (Å²) in [5.74, 6) is -0.137. The van der Waals surface area contributed by atoms with Crippen LogP contribution in [0.3, 0.4) is 0 Å². The molecule has 2 rings (SSSR count). The minimum absolute atomic E-state index is 0.112. The van der Waals surface area contributed by atoms with Crippen LogP contribution in [0.4, 0.5) is 4.39 Å². The molecule has 0 fully saturated rings. The number of halogens is 2. The molecule has 0 saturated carbocycles. The van der Waals surface area contributed by atoms with E-state index in [1.165, 1.54) is 24.3 Å². The number of carbonyl (C=O) groups excluding carboxylic acids is 1. The molecule has 0 atom stereocenters. The number of hydrogen-bond acceptors (Lipinski definition) is 2. The van der Waals surface area contributed by atoms with E-state index < -0.39 is 0 Å². The third-order valence-corrected chi connectivity index (χ3v) is 2.84. The van der Waals surface area contributed by atoms with Crippen molar-refractivity contribution in [1.29, 1.82) is 0 Å². The number of hydrogen-bond donors (Lipinski definition) is 1. The third kappa shape index (κ3) is 4.55. The molecule has 0 unspecified atom stereocenters. The highest BCUT2D eigenvalue weighted by Gasteiger charge is 2.03. The van der Waals surface area contributed by atoms with Gasteiger partial charge in [0.15, 0.2) is 6.61 Å². The van der Waals surface area contributed by atoms with Crippen molar-refractivity contribution >= 4 is 17.5 Å². The van der Waals surface area contributed by atoms with Crippen LogP contribution in [0.2, 0.25) is 5.02 Å². The first-order valence-electron chi connectivity index (χ1n) is 6.03. The van der Waals surface area contributed by atoms with Crippen LogP contribution in [-0.2, 0) is 11.3 Å². The first-order valence-corrected chi connectivity index (χ1v) is 6.41. The van der Waals surface area contributed by atoms with E-state index in [0.717, 1.165) is 5.56 Å². The molecular formula is C15H13ClFNO2. The molecule has 0 spiro atoms. The molecule has 0 heterocycles. The van der Waals surface area contributed by atoms with Crippen molar-refractivity contribution in [3.63, 3.8) is 0 Å². The number of amides is 1. The van der Waals surface area contributed by atoms with Crippen LogP contribution >= 0.6 is 11.6 Å². The summed E-state index contributed by atoms with van der Waals surface area (Å²) < 4.78 is 17.9. The van der Waals surface area contributed by atoms with Crippen LogP contribution in [-0.4, -0.2) is 12.5 Å². The number of rotatable bonds is 5. The summed E-state index contributed by atoms with van der Waals surface area (Å²) in [6.07, 6.45) is 0. The molecule has 0 saturated heterocycles. The Labute approximate surface area is 121 Å². The molecule has 1 amide bonds. The van der Waals surface area contributed by atoms with Crippen LogP contribution in [0, 0.1) is 5.82 Å². The van der Waals surface area contributed by atoms with Gasteiger partial charge < -0.3 is 10.1 Å². The number of carbonyl (C=O) groups is 1. The van der Waals surface area contributed by atoms with Gasteiger partial charge >= 0.3 is 0 Å². The molecule has 0 aliphatic heterocycles. The lowest BCUT2D eigenvalue weighted by Crippen LogP contribution is -2.28. The monoisotopic (exact) mass is 293 g/mol. The Morgan fingerprint density at radius 2 is 1.75 bits per heavy atom. The van der Waals surface area contributed by atoms with E-state index in [1.807, 2.05) is 12.1 Å². The molecule has 20 heavy (non-hydrogen) atoms. The number of ether oxygens (including phenoxy) is 1. The van der Waals surface area contributed by atoms with Crippen molar-refractivity contribution in [1.82, 2.24) is 5.32 Å². The van der Waals surface area contributed by atoms with Crippen molar-refractivity contribution in [3.05, 3.63) is 64.9 Å². The molecule has 0 aliphatic carbocycles. The zero-order valence-corrected chi connectivity index (χ0v) is 11.4. The molecule has 0 aliphatic rings. The van der Waals surface area contributed by atoms with Gasteiger partial charge in [-0.2, -0.15) is 0 Å². The second kappa shape index (κ2) is 6.91. The molecule has 0 radical (unpaired) electrons. The van der Waals surface area contributed by atoms with Gasteiger partial charge in [0.25, 0.3) is 5.91 Å². The molecule has 2 aromatic carbocycles. The van der Waals surface area contributed by atoms with E-state index in [9.17, 15) is 9.18 Å². The topological polar surface area (TPSA) is 38.3 Å². The second-order valence-corrected chi connectivity index (χ2v) is 4.58. The van der Waals surface area contributed by atoms with Crippen LogP contribution in [0.5, 0.6) is 5.75 Å². The van der Waals surface area contributed by atoms with Crippen LogP contribution in [0.15, 0.2) is 48.5 Å². The molecule has 104 valence electrons. The lowest BCUT2D eigenvalue weighted by molar-refractivity contribution is -0.123. The van der Waals surface area contributed by atoms with Gasteiger partial charge in [-0.1, -0.05) is 23.7 Å². The largest absolute Gasteiger partial charge is 0.484 e. The average molecular weight is 294 g/mol. The van der Waals surface area contributed by atoms with Gasteiger partial charge in [-0.3, -0.25) is 4.79 Å². The summed E-state index contributed by atoms with van der Waals surface area (Å²) in [5.41, 5.74) is 0.949. The van der Waals surface area contributed by atoms with Gasteiger partial charge in [-0.05, 0) is 42.0 Å². The van der Waals surface area contributed by atoms with E-state index in [0.29, 0.717) is 17.3 Å². The van der Waals surface area contributed by atoms with Crippen molar-refractivity contribution in [2.75, 3.05) is 6.61 Å². The highest BCUT2D eigenvalue weighted by atomic mass is 35.5. The minimum Gasteiger partial charge on any atom is -0.484 e. The standard InChI is InChI=1S/C15H13ClFNO2/c16-12-3-1-11(2-4-12)9-18-15(19)10-20-14-7-5-13(17)6-8-14/h1-8H,9-10H2,(H,18,19). The zero-order valence-electron chi connectivity index (χ0n) is 10.6. The highest BCUT2D eigenvalue weighted by molar-refractivity contribution is 6.30. The van der Waals surface area contributed by atoms with Crippen molar-refractivity contribution in [2.24, 2.45) is 0 Å². The van der Waals surface area contributed by atoms with Crippen LogP contribution in [0.1, 0.15) is 5.56 Å². The summed E-state index contributed by atoms with van der Waals surface area (Å²) in [6, 6.07) is 12.7. The van der Waals surface area contributed by atoms with Crippen molar-refractivity contribution < 1.29 is 13.9 Å². The van der Waals surface area contributed by atoms with Gasteiger partial charge in [0, 0.05) is 11.6 Å². The van der Waals surface area contributed by atoms with Gasteiger partial charge in [-0.15, -0.1) is 0 Å². The fourth-order valence-electron chi connectivity index (χ4n) is 1.53. The highest BCUT2D eigenvalue weighted by Crippen LogP contribution is 2.11. The number of nitrogens with one attached hydrogen (secondary N) is 1. The maximum Gasteiger partial charge on any atom is 0.258 e. The third-order valence-electron chi connectivity index (χ3n) is 2.59. The van der Waals surface area contributed by atoms with Gasteiger partial charge in [0.2, 0.25) is 0 Å². The molecule has 5 heteroatoms. The van der Waals surface area contributed by atoms with Crippen LogP contribution in [0.25, 0.3) is 0 Å². The first kappa shape index (κ1) is 14.3. The smallest absolute Gasteiger partial charge is 0.258 e. The Hall–Kier alpha value is -2.07. The molecule has 0 bridgehead atoms. The molecule has 1 N–H and O–H groups in total. The SMILES string of the molecule is O=C(COc1ccc(F)cc1)NCc1ccc(Cl)cc1. The summed E-state index contributed by atoms with van der Waals surface area (Å²) in [7, 11) is 0. The number of benzene rings is 2. The van der Waals surface area contributed by atoms with Gasteiger partial charge in [0.1, 0.15) is 11.6 Å². The van der Waals surface area contributed by atoms with Crippen molar-refractivity contribution in [2.45, 2.75) is 6.54 Å². The Bertz CT molecular complexity index is 518. The maximum atomic E-state index is 12.7. The summed E-state index contributed by atoms with van der Waals surface area (Å²) in [5, 5.41) is 3.37. The lowest BCUT2D eigenvalue weighted by Gasteiger charge is -2.07. The zero-order chi connectivity index (χ0) is 14.4. The minimum atomic E-state index is -0.343. The van der Waals surface area contributed by atoms with Crippen molar-refractivity contribution in [3.8, 4) is 5.75 Å². The second-order valence-electron chi connectivity index (χ2n) is 4.15. The first-order chi connectivity index (χ1) is 9.63. The summed E-state index contributed by atoms with van der Waals surface area (Å²) in [6.45, 7) is 0.294. The molecule has 2 aromatic rings. The predicted molar refractivity (Wildman–Crippen MR) is 75.2 cm³/mol. The fourth-order valence-corrected chi connectivity index (χ4v) is 1.66. The quantitative estimate of drug-likeness (QED) is 0.919. The Morgan fingerprint density at radius 1 is 1.10 bits per heavy atom. The maximum absolute atomic E-state index is 12.7. The summed E-state index contributed by atoms with van der Waals surface area (Å²) in [4.78, 5) is 11.6. The Morgan fingerprint density at radius 3 is 2.40 bits per heavy atom. The lowest BCUT2D eigenvalue weighted by atomic mass is 10.2. The van der Waals surface area contributed by atoms with Gasteiger partial charge in [-0.25, -0.2) is 4.39 Å². The molecule has 0 aromatic heterocycles. The predicted octanol–water partition coefficient (Wildman–Crippen LogP) is 3.17. The fraction of sp³-hybridized carbons (Fsp3) is 0.133. The Balaban J connectivity index is 1.75. The molecular weight excluding hydrogens is 281 g/mol.